The number of H-pyrrole nitrogens is 1. The average molecular weight is 440 g/mol. The quantitative estimate of drug-likeness (QED) is 0.430. The number of nitrogens with one attached hydrogen (secondary N) is 2. The van der Waals surface area contributed by atoms with E-state index in [0.717, 1.165) is 17.0 Å². The normalized spacial score (nSPS) is 20.7. The lowest BCUT2D eigenvalue weighted by Crippen LogP contribution is -2.57. The summed E-state index contributed by atoms with van der Waals surface area (Å²) in [5, 5.41) is 8.64. The first-order chi connectivity index (χ1) is 14.7. The van der Waals surface area contributed by atoms with Crippen LogP contribution >= 0.6 is 0 Å². The van der Waals surface area contributed by atoms with Crippen molar-refractivity contribution in [2.45, 2.75) is 37.1 Å². The molecule has 1 aromatic carbocycles. The number of benzene rings is 1. The van der Waals surface area contributed by atoms with E-state index in [0.29, 0.717) is 12.1 Å². The van der Waals surface area contributed by atoms with E-state index in [1.165, 1.54) is 24.3 Å². The van der Waals surface area contributed by atoms with Crippen molar-refractivity contribution in [1.82, 2.24) is 29.3 Å². The molecule has 2 atom stereocenters. The summed E-state index contributed by atoms with van der Waals surface area (Å²) >= 11 is 0. The lowest BCUT2D eigenvalue weighted by Gasteiger charge is -2.51. The number of primary amides is 1. The molecule has 1 fully saturated rings. The van der Waals surface area contributed by atoms with Crippen molar-refractivity contribution in [3.63, 3.8) is 0 Å². The van der Waals surface area contributed by atoms with Crippen LogP contribution in [0.3, 0.4) is 0 Å². The topological polar surface area (TPSA) is 148 Å². The Hall–Kier alpha value is -3.31. The number of carbonyl (C=O) groups is 1. The maximum absolute atomic E-state index is 12.9. The molecular formula is C20H21N7O3S. The van der Waals surface area contributed by atoms with Crippen molar-refractivity contribution in [2.24, 2.45) is 11.1 Å². The van der Waals surface area contributed by atoms with Crippen molar-refractivity contribution in [2.75, 3.05) is 0 Å². The van der Waals surface area contributed by atoms with Crippen LogP contribution in [0, 0.1) is 5.41 Å². The highest BCUT2D eigenvalue weighted by molar-refractivity contribution is 7.89. The highest BCUT2D eigenvalue weighted by Crippen LogP contribution is 2.52. The van der Waals surface area contributed by atoms with Gasteiger partial charge in [0, 0.05) is 23.7 Å². The molecule has 31 heavy (non-hydrogen) atoms. The summed E-state index contributed by atoms with van der Waals surface area (Å²) in [6.45, 7) is 4.03. The van der Waals surface area contributed by atoms with Gasteiger partial charge in [0.15, 0.2) is 11.3 Å². The van der Waals surface area contributed by atoms with Crippen LogP contribution in [0.15, 0.2) is 47.6 Å². The zero-order valence-corrected chi connectivity index (χ0v) is 17.7. The molecule has 11 heteroatoms. The number of aromatic nitrogens is 5. The molecule has 1 amide bonds. The molecule has 5 rings (SSSR count). The van der Waals surface area contributed by atoms with Crippen LogP contribution < -0.4 is 10.5 Å². The molecule has 3 heterocycles. The number of hydrogen-bond donors (Lipinski definition) is 3. The van der Waals surface area contributed by atoms with E-state index in [9.17, 15) is 13.2 Å². The molecule has 4 aromatic rings. The summed E-state index contributed by atoms with van der Waals surface area (Å²) in [7, 11) is -3.75. The number of hydrogen-bond acceptors (Lipinski definition) is 6. The number of nitrogens with zero attached hydrogens (tertiary/aromatic N) is 4. The third-order valence-corrected chi connectivity index (χ3v) is 7.78. The van der Waals surface area contributed by atoms with Gasteiger partial charge in [0.2, 0.25) is 15.9 Å². The molecular weight excluding hydrogens is 418 g/mol. The highest BCUT2D eigenvalue weighted by Gasteiger charge is 2.52. The number of amides is 1. The van der Waals surface area contributed by atoms with Gasteiger partial charge in [-0.15, -0.1) is 10.2 Å². The van der Waals surface area contributed by atoms with Crippen molar-refractivity contribution in [1.29, 1.82) is 0 Å². The molecule has 1 aliphatic carbocycles. The van der Waals surface area contributed by atoms with Crippen LogP contribution in [-0.2, 0) is 10.0 Å². The van der Waals surface area contributed by atoms with Crippen LogP contribution in [0.2, 0.25) is 0 Å². The predicted octanol–water partition coefficient (Wildman–Crippen LogP) is 1.57. The molecule has 4 N–H and O–H groups in total. The Bertz CT molecular complexity index is 1420. The Morgan fingerprint density at radius 2 is 1.97 bits per heavy atom. The van der Waals surface area contributed by atoms with E-state index in [1.807, 2.05) is 30.5 Å². The number of rotatable bonds is 5. The largest absolute Gasteiger partial charge is 0.366 e. The fourth-order valence-electron chi connectivity index (χ4n) is 4.24. The molecule has 1 saturated carbocycles. The lowest BCUT2D eigenvalue weighted by atomic mass is 9.58. The molecule has 10 nitrogen and oxygen atoms in total. The summed E-state index contributed by atoms with van der Waals surface area (Å²) in [5.41, 5.74) is 7.36. The van der Waals surface area contributed by atoms with E-state index < -0.39 is 21.3 Å². The van der Waals surface area contributed by atoms with Crippen molar-refractivity contribution >= 4 is 32.7 Å². The number of carbonyl (C=O) groups excluding carboxylic acids is 1. The number of nitrogens with two attached hydrogens (primary N) is 1. The second kappa shape index (κ2) is 6.59. The molecule has 0 unspecified atom stereocenters. The predicted molar refractivity (Wildman–Crippen MR) is 113 cm³/mol. The second-order valence-corrected chi connectivity index (χ2v) is 10.1. The molecule has 0 aliphatic heterocycles. The second-order valence-electron chi connectivity index (χ2n) is 8.39. The van der Waals surface area contributed by atoms with Gasteiger partial charge >= 0.3 is 0 Å². The van der Waals surface area contributed by atoms with Crippen LogP contribution in [0.4, 0.5) is 0 Å². The minimum absolute atomic E-state index is 0.00735. The van der Waals surface area contributed by atoms with Gasteiger partial charge in [-0.05, 0) is 42.2 Å². The van der Waals surface area contributed by atoms with Crippen molar-refractivity contribution < 1.29 is 13.2 Å². The first-order valence-corrected chi connectivity index (χ1v) is 11.3. The smallest absolute Gasteiger partial charge is 0.248 e. The SMILES string of the molecule is CC1(C)[C@@H](c2nnc3cnc4[nH]ccc4n23)C[C@H]1NS(=O)(=O)c1ccc(C(N)=O)cc1. The first-order valence-electron chi connectivity index (χ1n) is 9.78. The van der Waals surface area contributed by atoms with Crippen LogP contribution in [-0.4, -0.2) is 44.9 Å². The van der Waals surface area contributed by atoms with Crippen molar-refractivity contribution in [3.05, 3.63) is 54.1 Å². The molecule has 0 bridgehead atoms. The average Bonchev–Trinajstić information content (AvgIpc) is 3.37. The van der Waals surface area contributed by atoms with E-state index in [1.54, 1.807) is 6.20 Å². The van der Waals surface area contributed by atoms with Gasteiger partial charge in [0.25, 0.3) is 0 Å². The van der Waals surface area contributed by atoms with E-state index in [-0.39, 0.29) is 22.4 Å². The van der Waals surface area contributed by atoms with Crippen LogP contribution in [0.1, 0.15) is 42.4 Å². The monoisotopic (exact) mass is 439 g/mol. The van der Waals surface area contributed by atoms with E-state index >= 15 is 0 Å². The van der Waals surface area contributed by atoms with Gasteiger partial charge in [0.05, 0.1) is 16.6 Å². The molecule has 0 saturated heterocycles. The van der Waals surface area contributed by atoms with Crippen LogP contribution in [0.5, 0.6) is 0 Å². The number of fused-ring (bicyclic) bond motifs is 3. The Morgan fingerprint density at radius 1 is 1.23 bits per heavy atom. The van der Waals surface area contributed by atoms with Gasteiger partial charge in [-0.1, -0.05) is 13.8 Å². The zero-order chi connectivity index (χ0) is 22.0. The summed E-state index contributed by atoms with van der Waals surface area (Å²) in [5.74, 6) is 0.188. The van der Waals surface area contributed by atoms with Gasteiger partial charge in [-0.3, -0.25) is 9.20 Å². The van der Waals surface area contributed by atoms with E-state index in [4.69, 9.17) is 5.73 Å². The van der Waals surface area contributed by atoms with Crippen LogP contribution in [0.25, 0.3) is 16.8 Å². The summed E-state index contributed by atoms with van der Waals surface area (Å²) in [6.07, 6.45) is 4.06. The Kier molecular flexibility index (Phi) is 4.18. The fraction of sp³-hybridized carbons (Fsp3) is 0.300. The summed E-state index contributed by atoms with van der Waals surface area (Å²) in [6, 6.07) is 7.22. The molecule has 3 aromatic heterocycles. The lowest BCUT2D eigenvalue weighted by molar-refractivity contribution is 0.0796. The van der Waals surface area contributed by atoms with Crippen molar-refractivity contribution in [3.8, 4) is 0 Å². The standard InChI is InChI=1S/C20H21N7O3S/c1-20(2)13(19-25-24-16-10-23-18-14(27(16)19)7-8-22-18)9-15(20)26-31(29,30)12-5-3-11(4-6-12)17(21)28/h3-8,10,13,15,22,26H,9H2,1-2H3,(H2,21,28)/t13-,15-/m1/s1. The Morgan fingerprint density at radius 3 is 2.65 bits per heavy atom. The number of aromatic amines is 1. The summed E-state index contributed by atoms with van der Waals surface area (Å²) in [4.78, 5) is 18.7. The molecule has 160 valence electrons. The Balaban J connectivity index is 1.42. The molecule has 0 spiro atoms. The maximum Gasteiger partial charge on any atom is 0.248 e. The Labute approximate surface area is 177 Å². The zero-order valence-electron chi connectivity index (χ0n) is 16.9. The van der Waals surface area contributed by atoms with Gasteiger partial charge in [-0.25, -0.2) is 18.1 Å². The van der Waals surface area contributed by atoms with E-state index in [2.05, 4.69) is 24.9 Å². The molecule has 1 aliphatic rings. The third kappa shape index (κ3) is 3.00. The fourth-order valence-corrected chi connectivity index (χ4v) is 5.65. The highest BCUT2D eigenvalue weighted by atomic mass is 32.2. The number of sulfonamides is 1. The van der Waals surface area contributed by atoms with Gasteiger partial charge in [0.1, 0.15) is 5.82 Å². The maximum atomic E-state index is 12.9. The van der Waals surface area contributed by atoms with Gasteiger partial charge < -0.3 is 10.7 Å². The minimum Gasteiger partial charge on any atom is -0.366 e. The molecule has 0 radical (unpaired) electrons. The van der Waals surface area contributed by atoms with Gasteiger partial charge in [-0.2, -0.15) is 0 Å². The minimum atomic E-state index is -3.75. The summed E-state index contributed by atoms with van der Waals surface area (Å²) < 4.78 is 30.5. The first kappa shape index (κ1) is 19.6. The third-order valence-electron chi connectivity index (χ3n) is 6.29.